The molecule has 1 aliphatic heterocycles. The Morgan fingerprint density at radius 1 is 1.20 bits per heavy atom. The number of amides is 2. The fourth-order valence-corrected chi connectivity index (χ4v) is 5.92. The van der Waals surface area contributed by atoms with Gasteiger partial charge in [-0.15, -0.1) is 0 Å². The highest BCUT2D eigenvalue weighted by molar-refractivity contribution is 14.1. The third-order valence-corrected chi connectivity index (χ3v) is 8.22. The van der Waals surface area contributed by atoms with Gasteiger partial charge in [-0.3, -0.25) is 9.59 Å². The van der Waals surface area contributed by atoms with Crippen LogP contribution in [0.3, 0.4) is 0 Å². The average Bonchev–Trinajstić information content (AvgIpc) is 3.52. The highest BCUT2D eigenvalue weighted by Gasteiger charge is 2.42. The molecule has 0 radical (unpaired) electrons. The molecule has 1 saturated heterocycles. The molecule has 1 heterocycles. The smallest absolute Gasteiger partial charge is 0.247 e. The number of nitrogens with zero attached hydrogens (tertiary/aromatic N) is 1. The number of hydrogen-bond donors (Lipinski definition) is 4. The Hall–Kier alpha value is -2.42. The van der Waals surface area contributed by atoms with Crippen molar-refractivity contribution in [3.05, 3.63) is 67.8 Å². The molecule has 2 aliphatic rings. The number of hydrogen-bond acceptors (Lipinski definition) is 8. The van der Waals surface area contributed by atoms with Gasteiger partial charge in [0.2, 0.25) is 11.8 Å². The Bertz CT molecular complexity index is 1250. The molecule has 2 amide bonds. The minimum Gasteiger partial charge on any atom is -0.493 e. The number of ether oxygens (including phenoxy) is 3. The van der Waals surface area contributed by atoms with E-state index in [0.29, 0.717) is 44.3 Å². The van der Waals surface area contributed by atoms with E-state index < -0.39 is 24.2 Å². The fraction of sp³-hybridized carbons (Fsp3) is 0.448. The van der Waals surface area contributed by atoms with E-state index in [1.54, 1.807) is 35.2 Å². The minimum absolute atomic E-state index is 0.0517. The predicted octanol–water partition coefficient (Wildman–Crippen LogP) is 2.43. The summed E-state index contributed by atoms with van der Waals surface area (Å²) in [7, 11) is 1.47. The van der Waals surface area contributed by atoms with Gasteiger partial charge in [0.1, 0.15) is 12.2 Å². The first-order valence-electron chi connectivity index (χ1n) is 13.3. The largest absolute Gasteiger partial charge is 0.493 e. The molecule has 1 fully saturated rings. The first kappa shape index (κ1) is 31.5. The molecular formula is C29H34ClIN2O8. The number of halogens is 2. The molecule has 4 N–H and O–H groups in total. The number of aliphatic hydroxyl groups is 3. The zero-order chi connectivity index (χ0) is 29.5. The molecule has 12 heteroatoms. The second-order valence-electron chi connectivity index (χ2n) is 9.94. The van der Waals surface area contributed by atoms with Crippen molar-refractivity contribution >= 4 is 46.0 Å². The molecular weight excluding hydrogens is 667 g/mol. The van der Waals surface area contributed by atoms with Gasteiger partial charge in [0, 0.05) is 36.7 Å². The molecule has 1 aliphatic carbocycles. The number of methoxy groups -OCH3 is 1. The quantitative estimate of drug-likeness (QED) is 0.263. The summed E-state index contributed by atoms with van der Waals surface area (Å²) < 4.78 is 17.9. The highest BCUT2D eigenvalue weighted by Crippen LogP contribution is 2.37. The first-order chi connectivity index (χ1) is 19.7. The van der Waals surface area contributed by atoms with Crippen LogP contribution in [-0.2, 0) is 27.5 Å². The molecule has 4 atom stereocenters. The summed E-state index contributed by atoms with van der Waals surface area (Å²) in [6.07, 6.45) is -0.0479. The Labute approximate surface area is 257 Å². The normalized spacial score (nSPS) is 22.1. The van der Waals surface area contributed by atoms with Crippen molar-refractivity contribution in [2.75, 3.05) is 33.5 Å². The van der Waals surface area contributed by atoms with E-state index >= 15 is 0 Å². The number of nitrogens with one attached hydrogen (secondary N) is 1. The van der Waals surface area contributed by atoms with Gasteiger partial charge in [0.15, 0.2) is 11.5 Å². The SMILES string of the molecule is COc1cc(CO)cc(I)c1OC1C=C(C(=O)NCCO)CC(N(Cc2ccc(Cl)cc2)C(=O)C2CCOC2)C1O. The summed E-state index contributed by atoms with van der Waals surface area (Å²) >= 11 is 8.14. The van der Waals surface area contributed by atoms with Crippen molar-refractivity contribution in [2.24, 2.45) is 5.92 Å². The van der Waals surface area contributed by atoms with Crippen molar-refractivity contribution in [3.63, 3.8) is 0 Å². The summed E-state index contributed by atoms with van der Waals surface area (Å²) in [5, 5.41) is 33.8. The number of benzene rings is 2. The van der Waals surface area contributed by atoms with Crippen LogP contribution in [0.25, 0.3) is 0 Å². The van der Waals surface area contributed by atoms with Crippen LogP contribution >= 0.6 is 34.2 Å². The third kappa shape index (κ3) is 7.70. The van der Waals surface area contributed by atoms with E-state index in [1.165, 1.54) is 7.11 Å². The van der Waals surface area contributed by atoms with Crippen molar-refractivity contribution in [1.82, 2.24) is 10.2 Å². The molecule has 10 nitrogen and oxygen atoms in total. The van der Waals surface area contributed by atoms with Crippen LogP contribution in [0.1, 0.15) is 24.0 Å². The second kappa shape index (κ2) is 14.7. The summed E-state index contributed by atoms with van der Waals surface area (Å²) in [5.74, 6) is -0.298. The second-order valence-corrected chi connectivity index (χ2v) is 11.5. The van der Waals surface area contributed by atoms with Crippen LogP contribution in [-0.4, -0.2) is 83.8 Å². The molecule has 2 aromatic rings. The average molecular weight is 701 g/mol. The first-order valence-corrected chi connectivity index (χ1v) is 14.8. The maximum absolute atomic E-state index is 13.9. The van der Waals surface area contributed by atoms with E-state index in [0.717, 1.165) is 5.56 Å². The van der Waals surface area contributed by atoms with E-state index in [4.69, 9.17) is 25.8 Å². The molecule has 4 rings (SSSR count). The Morgan fingerprint density at radius 2 is 1.95 bits per heavy atom. The van der Waals surface area contributed by atoms with Crippen molar-refractivity contribution in [2.45, 2.75) is 44.2 Å². The molecule has 222 valence electrons. The minimum atomic E-state index is -1.21. The zero-order valence-corrected chi connectivity index (χ0v) is 25.5. The summed E-state index contributed by atoms with van der Waals surface area (Å²) in [6.45, 7) is 0.559. The maximum Gasteiger partial charge on any atom is 0.247 e. The number of carbonyl (C=O) groups excluding carboxylic acids is 2. The highest BCUT2D eigenvalue weighted by atomic mass is 127. The molecule has 0 spiro atoms. The van der Waals surface area contributed by atoms with Gasteiger partial charge in [-0.1, -0.05) is 23.7 Å². The number of rotatable bonds is 11. The third-order valence-electron chi connectivity index (χ3n) is 7.17. The molecule has 41 heavy (non-hydrogen) atoms. The van der Waals surface area contributed by atoms with Crippen LogP contribution in [0.15, 0.2) is 48.0 Å². The fourth-order valence-electron chi connectivity index (χ4n) is 5.00. The van der Waals surface area contributed by atoms with Crippen molar-refractivity contribution < 1.29 is 39.1 Å². The topological polar surface area (TPSA) is 138 Å². The van der Waals surface area contributed by atoms with Gasteiger partial charge >= 0.3 is 0 Å². The van der Waals surface area contributed by atoms with Crippen molar-refractivity contribution in [1.29, 1.82) is 0 Å². The van der Waals surface area contributed by atoms with Gasteiger partial charge in [-0.25, -0.2) is 0 Å². The van der Waals surface area contributed by atoms with E-state index in [-0.39, 0.29) is 51.2 Å². The van der Waals surface area contributed by atoms with Gasteiger partial charge in [0.25, 0.3) is 0 Å². The van der Waals surface area contributed by atoms with Gasteiger partial charge in [0.05, 0.1) is 42.5 Å². The van der Waals surface area contributed by atoms with Crippen LogP contribution in [0.2, 0.25) is 5.02 Å². The maximum atomic E-state index is 13.9. The Morgan fingerprint density at radius 3 is 2.59 bits per heavy atom. The van der Waals surface area contributed by atoms with E-state index in [2.05, 4.69) is 27.9 Å². The van der Waals surface area contributed by atoms with Gasteiger partial charge in [-0.05, 0) is 70.5 Å². The van der Waals surface area contributed by atoms with E-state index in [1.807, 2.05) is 12.1 Å². The lowest BCUT2D eigenvalue weighted by atomic mass is 9.87. The molecule has 0 saturated carbocycles. The number of aliphatic hydroxyl groups excluding tert-OH is 3. The molecule has 0 aromatic heterocycles. The monoisotopic (exact) mass is 700 g/mol. The Balaban J connectivity index is 1.72. The van der Waals surface area contributed by atoms with Gasteiger partial charge < -0.3 is 39.7 Å². The Kier molecular flexibility index (Phi) is 11.3. The van der Waals surface area contributed by atoms with E-state index in [9.17, 15) is 24.9 Å². The molecule has 0 bridgehead atoms. The lowest BCUT2D eigenvalue weighted by Gasteiger charge is -2.41. The van der Waals surface area contributed by atoms with Crippen LogP contribution in [0.4, 0.5) is 0 Å². The van der Waals surface area contributed by atoms with Crippen LogP contribution < -0.4 is 14.8 Å². The number of carbonyl (C=O) groups is 2. The summed E-state index contributed by atoms with van der Waals surface area (Å²) in [6, 6.07) is 9.66. The van der Waals surface area contributed by atoms with Crippen LogP contribution in [0.5, 0.6) is 11.5 Å². The predicted molar refractivity (Wildman–Crippen MR) is 160 cm³/mol. The summed E-state index contributed by atoms with van der Waals surface area (Å²) in [5.41, 5.74) is 1.75. The molecule has 2 aromatic carbocycles. The molecule has 4 unspecified atom stereocenters. The lowest BCUT2D eigenvalue weighted by Crippen LogP contribution is -2.56. The zero-order valence-electron chi connectivity index (χ0n) is 22.6. The lowest BCUT2D eigenvalue weighted by molar-refractivity contribution is -0.143. The standard InChI is InChI=1S/C29H34ClIN2O8/c1-39-25-11-18(15-35)10-22(31)27(25)41-24-13-20(28(37)32-7-8-34)12-23(26(24)36)33(29(38)19-6-9-40-16-19)14-17-2-4-21(30)5-3-17/h2-5,10-11,13,19,23-24,26,34-36H,6-9,12,14-16H2,1H3,(H,32,37). The van der Waals surface area contributed by atoms with Crippen molar-refractivity contribution in [3.8, 4) is 11.5 Å². The van der Waals surface area contributed by atoms with Gasteiger partial charge in [-0.2, -0.15) is 0 Å². The summed E-state index contributed by atoms with van der Waals surface area (Å²) in [4.78, 5) is 28.6. The van der Waals surface area contributed by atoms with Crippen LogP contribution in [0, 0.1) is 9.49 Å².